The van der Waals surface area contributed by atoms with Crippen molar-refractivity contribution in [3.05, 3.63) is 129 Å². The number of amides is 2. The van der Waals surface area contributed by atoms with E-state index in [1.165, 1.54) is 17.0 Å². The van der Waals surface area contributed by atoms with Gasteiger partial charge in [0.1, 0.15) is 12.6 Å². The second kappa shape index (κ2) is 14.9. The van der Waals surface area contributed by atoms with Crippen molar-refractivity contribution >= 4 is 55.1 Å². The van der Waals surface area contributed by atoms with Crippen molar-refractivity contribution in [2.24, 2.45) is 0 Å². The van der Waals surface area contributed by atoms with E-state index in [1.54, 1.807) is 60.7 Å². The molecule has 230 valence electrons. The Morgan fingerprint density at radius 3 is 2.14 bits per heavy atom. The number of aryl methyl sites for hydroxylation is 1. The second-order valence-corrected chi connectivity index (χ2v) is 14.0. The van der Waals surface area contributed by atoms with Crippen LogP contribution >= 0.6 is 27.5 Å². The van der Waals surface area contributed by atoms with E-state index < -0.39 is 28.5 Å². The van der Waals surface area contributed by atoms with Gasteiger partial charge in [-0.25, -0.2) is 8.42 Å². The molecule has 0 saturated heterocycles. The van der Waals surface area contributed by atoms with E-state index in [-0.39, 0.29) is 29.8 Å². The number of carbonyl (C=O) groups is 2. The van der Waals surface area contributed by atoms with Crippen LogP contribution in [-0.2, 0) is 32.6 Å². The minimum absolute atomic E-state index is 0.0542. The van der Waals surface area contributed by atoms with Gasteiger partial charge >= 0.3 is 0 Å². The molecule has 0 aliphatic heterocycles. The van der Waals surface area contributed by atoms with Gasteiger partial charge in [0.05, 0.1) is 10.6 Å². The molecular weight excluding hydrogens is 662 g/mol. The zero-order chi connectivity index (χ0) is 31.9. The molecule has 0 heterocycles. The van der Waals surface area contributed by atoms with Gasteiger partial charge in [0.2, 0.25) is 11.8 Å². The number of anilines is 1. The molecule has 7 nitrogen and oxygen atoms in total. The summed E-state index contributed by atoms with van der Waals surface area (Å²) >= 11 is 9.56. The Bertz CT molecular complexity index is 1680. The zero-order valence-corrected chi connectivity index (χ0v) is 27.9. The molecule has 1 unspecified atom stereocenters. The van der Waals surface area contributed by atoms with Crippen LogP contribution in [0, 0.1) is 6.92 Å². The van der Waals surface area contributed by atoms with E-state index in [0.29, 0.717) is 15.2 Å². The first-order valence-electron chi connectivity index (χ1n) is 14.2. The summed E-state index contributed by atoms with van der Waals surface area (Å²) in [5.74, 6) is -0.864. The molecule has 10 heteroatoms. The van der Waals surface area contributed by atoms with Crippen molar-refractivity contribution in [1.29, 1.82) is 0 Å². The third-order valence-corrected chi connectivity index (χ3v) is 9.49. The minimum atomic E-state index is -4.17. The predicted molar refractivity (Wildman–Crippen MR) is 179 cm³/mol. The second-order valence-electron chi connectivity index (χ2n) is 10.8. The molecule has 4 aromatic rings. The number of sulfonamides is 1. The minimum Gasteiger partial charge on any atom is -0.352 e. The molecule has 44 heavy (non-hydrogen) atoms. The van der Waals surface area contributed by atoms with Gasteiger partial charge in [0, 0.05) is 28.5 Å². The van der Waals surface area contributed by atoms with Crippen LogP contribution in [0.4, 0.5) is 5.69 Å². The molecule has 1 N–H and O–H groups in total. The van der Waals surface area contributed by atoms with E-state index in [4.69, 9.17) is 11.6 Å². The van der Waals surface area contributed by atoms with Crippen LogP contribution in [0.1, 0.15) is 30.5 Å². The SMILES string of the molecule is Cc1ccc(S(=O)(=O)N(CC(=O)N(Cc2ccc(Cl)cc2)C(Cc2ccccc2)C(=O)NC(C)C)c2cccc(Br)c2)cc1. The highest BCUT2D eigenvalue weighted by Gasteiger charge is 2.34. The lowest BCUT2D eigenvalue weighted by Gasteiger charge is -2.34. The summed E-state index contributed by atoms with van der Waals surface area (Å²) in [5.41, 5.74) is 2.82. The van der Waals surface area contributed by atoms with Crippen LogP contribution in [0.15, 0.2) is 112 Å². The van der Waals surface area contributed by atoms with Crippen LogP contribution in [0.3, 0.4) is 0 Å². The molecule has 0 spiro atoms. The lowest BCUT2D eigenvalue weighted by molar-refractivity contribution is -0.140. The summed E-state index contributed by atoms with van der Waals surface area (Å²) in [6, 6.07) is 28.6. The average molecular weight is 697 g/mol. The predicted octanol–water partition coefficient (Wildman–Crippen LogP) is 6.77. The van der Waals surface area contributed by atoms with Gasteiger partial charge in [0.15, 0.2) is 0 Å². The molecule has 2 amide bonds. The zero-order valence-electron chi connectivity index (χ0n) is 24.8. The number of halogens is 2. The highest BCUT2D eigenvalue weighted by atomic mass is 79.9. The molecule has 0 fully saturated rings. The normalized spacial score (nSPS) is 12.0. The van der Waals surface area contributed by atoms with E-state index in [2.05, 4.69) is 21.2 Å². The van der Waals surface area contributed by atoms with Gasteiger partial charge in [-0.05, 0) is 74.4 Å². The van der Waals surface area contributed by atoms with Crippen molar-refractivity contribution in [2.75, 3.05) is 10.8 Å². The molecule has 0 aromatic heterocycles. The Morgan fingerprint density at radius 1 is 0.864 bits per heavy atom. The standard InChI is InChI=1S/C34H35BrClN3O4S/c1-24(2)37-34(41)32(20-26-8-5-4-6-9-26)38(22-27-14-16-29(36)17-15-27)33(40)23-39(30-11-7-10-28(35)21-30)44(42,43)31-18-12-25(3)13-19-31/h4-19,21,24,32H,20,22-23H2,1-3H3,(H,37,41). The van der Waals surface area contributed by atoms with Gasteiger partial charge in [-0.1, -0.05) is 93.8 Å². The van der Waals surface area contributed by atoms with Crippen molar-refractivity contribution in [1.82, 2.24) is 10.2 Å². The first kappa shape index (κ1) is 33.2. The first-order chi connectivity index (χ1) is 20.9. The lowest BCUT2D eigenvalue weighted by atomic mass is 10.0. The maximum atomic E-state index is 14.4. The molecule has 4 rings (SSSR count). The highest BCUT2D eigenvalue weighted by Crippen LogP contribution is 2.27. The summed E-state index contributed by atoms with van der Waals surface area (Å²) < 4.78 is 29.9. The van der Waals surface area contributed by atoms with Crippen molar-refractivity contribution in [3.63, 3.8) is 0 Å². The smallest absolute Gasteiger partial charge is 0.264 e. The highest BCUT2D eigenvalue weighted by molar-refractivity contribution is 9.10. The van der Waals surface area contributed by atoms with Crippen LogP contribution < -0.4 is 9.62 Å². The summed E-state index contributed by atoms with van der Waals surface area (Å²) in [6.45, 7) is 5.12. The number of benzene rings is 4. The molecule has 0 saturated carbocycles. The average Bonchev–Trinajstić information content (AvgIpc) is 2.98. The van der Waals surface area contributed by atoms with Gasteiger partial charge < -0.3 is 10.2 Å². The fourth-order valence-electron chi connectivity index (χ4n) is 4.72. The summed E-state index contributed by atoms with van der Waals surface area (Å²) in [6.07, 6.45) is 0.236. The lowest BCUT2D eigenvalue weighted by Crippen LogP contribution is -2.54. The quantitative estimate of drug-likeness (QED) is 0.177. The maximum Gasteiger partial charge on any atom is 0.264 e. The molecule has 1 atom stereocenters. The Morgan fingerprint density at radius 2 is 1.52 bits per heavy atom. The van der Waals surface area contributed by atoms with Crippen LogP contribution in [0.25, 0.3) is 0 Å². The van der Waals surface area contributed by atoms with Gasteiger partial charge in [-0.2, -0.15) is 0 Å². The Kier molecular flexibility index (Phi) is 11.2. The van der Waals surface area contributed by atoms with Crippen molar-refractivity contribution < 1.29 is 18.0 Å². The monoisotopic (exact) mass is 695 g/mol. The van der Waals surface area contributed by atoms with Crippen LogP contribution in [0.2, 0.25) is 5.02 Å². The largest absolute Gasteiger partial charge is 0.352 e. The number of carbonyl (C=O) groups excluding carboxylic acids is 2. The molecular formula is C34H35BrClN3O4S. The Balaban J connectivity index is 1.80. The molecule has 0 bridgehead atoms. The van der Waals surface area contributed by atoms with E-state index in [0.717, 1.165) is 21.0 Å². The number of nitrogens with zero attached hydrogens (tertiary/aromatic N) is 2. The van der Waals surface area contributed by atoms with Crippen LogP contribution in [-0.4, -0.2) is 43.8 Å². The first-order valence-corrected chi connectivity index (χ1v) is 16.8. The topological polar surface area (TPSA) is 86.8 Å². The summed E-state index contributed by atoms with van der Waals surface area (Å²) in [4.78, 5) is 29.7. The number of hydrogen-bond donors (Lipinski definition) is 1. The maximum absolute atomic E-state index is 14.4. The van der Waals surface area contributed by atoms with Crippen molar-refractivity contribution in [2.45, 2.75) is 50.7 Å². The van der Waals surface area contributed by atoms with Crippen LogP contribution in [0.5, 0.6) is 0 Å². The van der Waals surface area contributed by atoms with Crippen molar-refractivity contribution in [3.8, 4) is 0 Å². The molecule has 0 radical (unpaired) electrons. The number of hydrogen-bond acceptors (Lipinski definition) is 4. The van der Waals surface area contributed by atoms with Gasteiger partial charge in [-0.3, -0.25) is 13.9 Å². The van der Waals surface area contributed by atoms with Gasteiger partial charge in [-0.15, -0.1) is 0 Å². The fraction of sp³-hybridized carbons (Fsp3) is 0.235. The number of nitrogens with one attached hydrogen (secondary N) is 1. The summed E-state index contributed by atoms with van der Waals surface area (Å²) in [7, 11) is -4.17. The Labute approximate surface area is 273 Å². The summed E-state index contributed by atoms with van der Waals surface area (Å²) in [5, 5.41) is 3.49. The van der Waals surface area contributed by atoms with E-state index in [9.17, 15) is 18.0 Å². The molecule has 0 aliphatic carbocycles. The Hall–Kier alpha value is -3.66. The number of rotatable bonds is 12. The fourth-order valence-corrected chi connectivity index (χ4v) is 6.64. The van der Waals surface area contributed by atoms with Gasteiger partial charge in [0.25, 0.3) is 10.0 Å². The molecule has 0 aliphatic rings. The third-order valence-electron chi connectivity index (χ3n) is 6.95. The third kappa shape index (κ3) is 8.71. The van der Waals surface area contributed by atoms with E-state index >= 15 is 0 Å². The van der Waals surface area contributed by atoms with E-state index in [1.807, 2.05) is 51.1 Å². The molecule has 4 aromatic carbocycles.